The zero-order valence-electron chi connectivity index (χ0n) is 14.4. The van der Waals surface area contributed by atoms with E-state index in [2.05, 4.69) is 25.6 Å². The van der Waals surface area contributed by atoms with E-state index in [1.807, 2.05) is 62.8 Å². The Morgan fingerprint density at radius 3 is 2.72 bits per heavy atom. The van der Waals surface area contributed by atoms with Gasteiger partial charge in [0.25, 0.3) is 0 Å². The highest BCUT2D eigenvalue weighted by molar-refractivity contribution is 5.91. The number of hydrogen-bond acceptors (Lipinski definition) is 5. The predicted octanol–water partition coefficient (Wildman–Crippen LogP) is 1.88. The molecule has 2 N–H and O–H groups in total. The van der Waals surface area contributed by atoms with E-state index in [4.69, 9.17) is 0 Å². The van der Waals surface area contributed by atoms with Crippen molar-refractivity contribution in [2.75, 3.05) is 37.8 Å². The van der Waals surface area contributed by atoms with Crippen molar-refractivity contribution in [3.8, 4) is 0 Å². The number of pyridine rings is 1. The van der Waals surface area contributed by atoms with Crippen LogP contribution in [0.15, 0.2) is 48.7 Å². The van der Waals surface area contributed by atoms with Gasteiger partial charge in [0.2, 0.25) is 11.9 Å². The Morgan fingerprint density at radius 2 is 1.96 bits per heavy atom. The summed E-state index contributed by atoms with van der Waals surface area (Å²) in [6.07, 6.45) is 2.11. The monoisotopic (exact) mass is 338 g/mol. The Bertz CT molecular complexity index is 843. The maximum atomic E-state index is 12.2. The van der Waals surface area contributed by atoms with Crippen LogP contribution in [0.5, 0.6) is 0 Å². The maximum Gasteiger partial charge on any atom is 0.249 e. The van der Waals surface area contributed by atoms with Crippen LogP contribution in [0.2, 0.25) is 0 Å². The number of rotatable bonds is 7. The van der Waals surface area contributed by atoms with Crippen molar-refractivity contribution in [1.82, 2.24) is 19.5 Å². The van der Waals surface area contributed by atoms with Crippen molar-refractivity contribution in [3.63, 3.8) is 0 Å². The second-order valence-corrected chi connectivity index (χ2v) is 6.07. The van der Waals surface area contributed by atoms with Crippen molar-refractivity contribution >= 4 is 23.2 Å². The topological polar surface area (TPSA) is 74.6 Å². The van der Waals surface area contributed by atoms with Crippen molar-refractivity contribution in [3.05, 3.63) is 54.2 Å². The highest BCUT2D eigenvalue weighted by atomic mass is 16.1. The van der Waals surface area contributed by atoms with Gasteiger partial charge in [0.15, 0.2) is 5.65 Å². The van der Waals surface area contributed by atoms with Gasteiger partial charge in [-0.3, -0.25) is 10.1 Å². The van der Waals surface area contributed by atoms with Crippen LogP contribution in [-0.2, 0) is 11.2 Å². The van der Waals surface area contributed by atoms with Gasteiger partial charge in [-0.05, 0) is 31.8 Å². The summed E-state index contributed by atoms with van der Waals surface area (Å²) in [4.78, 5) is 18.7. The quantitative estimate of drug-likeness (QED) is 0.688. The number of carbonyl (C=O) groups is 1. The molecular formula is C18H22N6O. The SMILES string of the molecule is CN(C)CCNc1cccn2nc(NC(=O)Cc3ccccc3)nc12. The number of aromatic nitrogens is 3. The molecule has 0 bridgehead atoms. The molecule has 3 aromatic rings. The lowest BCUT2D eigenvalue weighted by molar-refractivity contribution is -0.115. The third kappa shape index (κ3) is 4.54. The molecule has 7 nitrogen and oxygen atoms in total. The van der Waals surface area contributed by atoms with Crippen molar-refractivity contribution < 1.29 is 4.79 Å². The van der Waals surface area contributed by atoms with Crippen LogP contribution in [0.1, 0.15) is 5.56 Å². The molecule has 0 spiro atoms. The van der Waals surface area contributed by atoms with Gasteiger partial charge < -0.3 is 10.2 Å². The summed E-state index contributed by atoms with van der Waals surface area (Å²) >= 11 is 0. The first-order valence-electron chi connectivity index (χ1n) is 8.19. The number of likely N-dealkylation sites (N-methyl/N-ethyl adjacent to an activating group) is 1. The molecule has 25 heavy (non-hydrogen) atoms. The third-order valence-corrected chi connectivity index (χ3v) is 3.70. The fourth-order valence-electron chi connectivity index (χ4n) is 2.46. The highest BCUT2D eigenvalue weighted by Crippen LogP contribution is 2.16. The molecule has 0 aliphatic heterocycles. The molecule has 2 aromatic heterocycles. The molecule has 1 aromatic carbocycles. The zero-order valence-corrected chi connectivity index (χ0v) is 14.4. The van der Waals surface area contributed by atoms with Gasteiger partial charge in [-0.25, -0.2) is 4.52 Å². The van der Waals surface area contributed by atoms with E-state index < -0.39 is 0 Å². The largest absolute Gasteiger partial charge is 0.381 e. The van der Waals surface area contributed by atoms with Crippen LogP contribution in [-0.4, -0.2) is 52.6 Å². The molecule has 7 heteroatoms. The maximum absolute atomic E-state index is 12.2. The smallest absolute Gasteiger partial charge is 0.249 e. The van der Waals surface area contributed by atoms with Crippen LogP contribution in [0, 0.1) is 0 Å². The number of carbonyl (C=O) groups excluding carboxylic acids is 1. The van der Waals surface area contributed by atoms with Gasteiger partial charge in [-0.1, -0.05) is 30.3 Å². The summed E-state index contributed by atoms with van der Waals surface area (Å²) in [5.74, 6) is 0.173. The van der Waals surface area contributed by atoms with Crippen molar-refractivity contribution in [2.45, 2.75) is 6.42 Å². The summed E-state index contributed by atoms with van der Waals surface area (Å²) in [6, 6.07) is 13.4. The van der Waals surface area contributed by atoms with E-state index in [0.717, 1.165) is 24.3 Å². The minimum absolute atomic E-state index is 0.135. The van der Waals surface area contributed by atoms with Crippen LogP contribution >= 0.6 is 0 Å². The number of anilines is 2. The number of fused-ring (bicyclic) bond motifs is 1. The molecule has 0 unspecified atom stereocenters. The molecule has 0 saturated heterocycles. The Hall–Kier alpha value is -2.93. The molecule has 0 saturated carbocycles. The molecular weight excluding hydrogens is 316 g/mol. The number of hydrogen-bond donors (Lipinski definition) is 2. The molecule has 0 aliphatic rings. The van der Waals surface area contributed by atoms with Gasteiger partial charge >= 0.3 is 0 Å². The summed E-state index contributed by atoms with van der Waals surface area (Å²) < 4.78 is 1.66. The standard InChI is InChI=1S/C18H22N6O/c1-23(2)12-10-19-15-9-6-11-24-17(15)21-18(22-24)20-16(25)13-14-7-4-3-5-8-14/h3-9,11,19H,10,12-13H2,1-2H3,(H,20,22,25). The van der Waals surface area contributed by atoms with Crippen molar-refractivity contribution in [1.29, 1.82) is 0 Å². The van der Waals surface area contributed by atoms with Crippen LogP contribution in [0.4, 0.5) is 11.6 Å². The second-order valence-electron chi connectivity index (χ2n) is 6.07. The predicted molar refractivity (Wildman–Crippen MR) is 98.8 cm³/mol. The molecule has 3 rings (SSSR count). The average molecular weight is 338 g/mol. The van der Waals surface area contributed by atoms with E-state index in [1.165, 1.54) is 0 Å². The Balaban J connectivity index is 1.69. The fraction of sp³-hybridized carbons (Fsp3) is 0.278. The first kappa shape index (κ1) is 16.9. The number of nitrogens with one attached hydrogen (secondary N) is 2. The van der Waals surface area contributed by atoms with E-state index in [-0.39, 0.29) is 5.91 Å². The summed E-state index contributed by atoms with van der Waals surface area (Å²) in [5, 5.41) is 10.4. The summed E-state index contributed by atoms with van der Waals surface area (Å²) in [5.41, 5.74) is 2.53. The molecule has 1 amide bonds. The first-order valence-corrected chi connectivity index (χ1v) is 8.19. The summed E-state index contributed by atoms with van der Waals surface area (Å²) in [6.45, 7) is 1.71. The van der Waals surface area contributed by atoms with E-state index in [1.54, 1.807) is 4.52 Å². The summed E-state index contributed by atoms with van der Waals surface area (Å²) in [7, 11) is 4.05. The lowest BCUT2D eigenvalue weighted by Crippen LogP contribution is -2.21. The zero-order chi connectivity index (χ0) is 17.6. The lowest BCUT2D eigenvalue weighted by atomic mass is 10.1. The van der Waals surface area contributed by atoms with Crippen LogP contribution < -0.4 is 10.6 Å². The van der Waals surface area contributed by atoms with Crippen molar-refractivity contribution in [2.24, 2.45) is 0 Å². The van der Waals surface area contributed by atoms with E-state index in [9.17, 15) is 4.79 Å². The molecule has 2 heterocycles. The van der Waals surface area contributed by atoms with Gasteiger partial charge in [-0.15, -0.1) is 5.10 Å². The molecule has 0 atom stereocenters. The number of nitrogens with zero attached hydrogens (tertiary/aromatic N) is 4. The van der Waals surface area contributed by atoms with Crippen LogP contribution in [0.3, 0.4) is 0 Å². The highest BCUT2D eigenvalue weighted by Gasteiger charge is 2.11. The normalized spacial score (nSPS) is 11.0. The molecule has 0 fully saturated rings. The fourth-order valence-corrected chi connectivity index (χ4v) is 2.46. The third-order valence-electron chi connectivity index (χ3n) is 3.70. The lowest BCUT2D eigenvalue weighted by Gasteiger charge is -2.11. The molecule has 0 aliphatic carbocycles. The average Bonchev–Trinajstić information content (AvgIpc) is 2.98. The Kier molecular flexibility index (Phi) is 5.25. The molecule has 130 valence electrons. The Morgan fingerprint density at radius 1 is 1.16 bits per heavy atom. The minimum atomic E-state index is -0.135. The van der Waals surface area contributed by atoms with Gasteiger partial charge in [0.1, 0.15) is 0 Å². The van der Waals surface area contributed by atoms with Crippen LogP contribution in [0.25, 0.3) is 5.65 Å². The van der Waals surface area contributed by atoms with Gasteiger partial charge in [0, 0.05) is 19.3 Å². The van der Waals surface area contributed by atoms with Gasteiger partial charge in [0.05, 0.1) is 12.1 Å². The Labute approximate surface area is 146 Å². The van der Waals surface area contributed by atoms with E-state index in [0.29, 0.717) is 18.0 Å². The second kappa shape index (κ2) is 7.76. The first-order chi connectivity index (χ1) is 12.1. The van der Waals surface area contributed by atoms with E-state index >= 15 is 0 Å². The molecule has 0 radical (unpaired) electrons. The number of benzene rings is 1. The van der Waals surface area contributed by atoms with Gasteiger partial charge in [-0.2, -0.15) is 4.98 Å². The number of amides is 1. The minimum Gasteiger partial charge on any atom is -0.381 e.